The van der Waals surface area contributed by atoms with Crippen molar-refractivity contribution in [2.24, 2.45) is 0 Å². The van der Waals surface area contributed by atoms with Gasteiger partial charge < -0.3 is 9.55 Å². The standard InChI is InChI=1S/C20H27N5/c1-3-10-25-14-21-23-20(25)16-8-11-24(12-9-16)13-18-15(2)22-19-7-5-4-6-17(18)19/h4-7,14,16,22H,3,8-13H2,1-2H3. The topological polar surface area (TPSA) is 49.7 Å². The summed E-state index contributed by atoms with van der Waals surface area (Å²) in [6, 6.07) is 8.62. The molecule has 2 aromatic heterocycles. The van der Waals surface area contributed by atoms with Gasteiger partial charge in [0.05, 0.1) is 0 Å². The van der Waals surface area contributed by atoms with Crippen LogP contribution in [-0.2, 0) is 13.1 Å². The minimum absolute atomic E-state index is 0.550. The number of likely N-dealkylation sites (tertiary alicyclic amines) is 1. The maximum atomic E-state index is 4.40. The van der Waals surface area contributed by atoms with Crippen molar-refractivity contribution >= 4 is 10.9 Å². The second kappa shape index (κ2) is 7.00. The van der Waals surface area contributed by atoms with Crippen LogP contribution in [0.2, 0.25) is 0 Å². The number of aromatic nitrogens is 4. The smallest absolute Gasteiger partial charge is 0.136 e. The Morgan fingerprint density at radius 2 is 2.00 bits per heavy atom. The van der Waals surface area contributed by atoms with Gasteiger partial charge in [0, 0.05) is 35.6 Å². The van der Waals surface area contributed by atoms with Gasteiger partial charge in [0.1, 0.15) is 12.2 Å². The molecule has 5 nitrogen and oxygen atoms in total. The van der Waals surface area contributed by atoms with Gasteiger partial charge in [0.2, 0.25) is 0 Å². The van der Waals surface area contributed by atoms with Crippen LogP contribution in [0.1, 0.15) is 49.2 Å². The van der Waals surface area contributed by atoms with Gasteiger partial charge in [-0.3, -0.25) is 4.90 Å². The largest absolute Gasteiger partial charge is 0.358 e. The molecule has 0 spiro atoms. The van der Waals surface area contributed by atoms with Gasteiger partial charge in [-0.1, -0.05) is 25.1 Å². The molecule has 132 valence electrons. The van der Waals surface area contributed by atoms with Crippen molar-refractivity contribution in [3.8, 4) is 0 Å². The van der Waals surface area contributed by atoms with E-state index in [1.54, 1.807) is 0 Å². The average Bonchev–Trinajstić information content (AvgIpc) is 3.21. The molecule has 1 saturated heterocycles. The number of rotatable bonds is 5. The molecule has 1 fully saturated rings. The van der Waals surface area contributed by atoms with Crippen LogP contribution in [0.25, 0.3) is 10.9 Å². The van der Waals surface area contributed by atoms with E-state index in [2.05, 4.69) is 62.8 Å². The highest BCUT2D eigenvalue weighted by molar-refractivity contribution is 5.84. The molecule has 5 heteroatoms. The quantitative estimate of drug-likeness (QED) is 0.769. The molecule has 0 amide bonds. The molecule has 0 aliphatic carbocycles. The molecule has 1 aliphatic rings. The lowest BCUT2D eigenvalue weighted by Gasteiger charge is -2.31. The van der Waals surface area contributed by atoms with E-state index in [1.807, 2.05) is 6.33 Å². The number of hydrogen-bond acceptors (Lipinski definition) is 3. The minimum Gasteiger partial charge on any atom is -0.358 e. The molecule has 0 bridgehead atoms. The SMILES string of the molecule is CCCn1cnnc1C1CCN(Cc2c(C)[nH]c3ccccc23)CC1. The normalized spacial score (nSPS) is 16.7. The Labute approximate surface area is 149 Å². The molecule has 0 saturated carbocycles. The van der Waals surface area contributed by atoms with E-state index in [0.717, 1.165) is 32.6 Å². The Morgan fingerprint density at radius 1 is 1.20 bits per heavy atom. The molecule has 0 atom stereocenters. The number of H-pyrrole nitrogens is 1. The lowest BCUT2D eigenvalue weighted by molar-refractivity contribution is 0.200. The van der Waals surface area contributed by atoms with Crippen molar-refractivity contribution in [2.75, 3.05) is 13.1 Å². The zero-order valence-electron chi connectivity index (χ0n) is 15.2. The third-order valence-electron chi connectivity index (χ3n) is 5.47. The van der Waals surface area contributed by atoms with Gasteiger partial charge in [-0.15, -0.1) is 10.2 Å². The number of benzene rings is 1. The summed E-state index contributed by atoms with van der Waals surface area (Å²) in [7, 11) is 0. The number of hydrogen-bond donors (Lipinski definition) is 1. The second-order valence-corrected chi connectivity index (χ2v) is 7.21. The Morgan fingerprint density at radius 3 is 2.80 bits per heavy atom. The number of aromatic amines is 1. The molecule has 0 radical (unpaired) electrons. The molecule has 3 heterocycles. The van der Waals surface area contributed by atoms with Crippen LogP contribution in [0.3, 0.4) is 0 Å². The molecule has 25 heavy (non-hydrogen) atoms. The summed E-state index contributed by atoms with van der Waals surface area (Å²) in [5.74, 6) is 1.74. The Balaban J connectivity index is 1.43. The van der Waals surface area contributed by atoms with Gasteiger partial charge in [-0.2, -0.15) is 0 Å². The fraction of sp³-hybridized carbons (Fsp3) is 0.500. The summed E-state index contributed by atoms with van der Waals surface area (Å²) < 4.78 is 2.24. The number of fused-ring (bicyclic) bond motifs is 1. The van der Waals surface area contributed by atoms with Crippen molar-refractivity contribution in [3.63, 3.8) is 0 Å². The van der Waals surface area contributed by atoms with Crippen LogP contribution < -0.4 is 0 Å². The molecule has 0 unspecified atom stereocenters. The highest BCUT2D eigenvalue weighted by Crippen LogP contribution is 2.29. The number of para-hydroxylation sites is 1. The Hall–Kier alpha value is -2.14. The fourth-order valence-corrected chi connectivity index (χ4v) is 4.10. The van der Waals surface area contributed by atoms with E-state index in [1.165, 1.54) is 40.8 Å². The molecule has 1 aliphatic heterocycles. The molecule has 3 aromatic rings. The van der Waals surface area contributed by atoms with E-state index < -0.39 is 0 Å². The zero-order valence-corrected chi connectivity index (χ0v) is 15.2. The molecule has 1 N–H and O–H groups in total. The van der Waals surface area contributed by atoms with Crippen LogP contribution in [0.15, 0.2) is 30.6 Å². The molecule has 4 rings (SSSR count). The maximum absolute atomic E-state index is 4.40. The fourth-order valence-electron chi connectivity index (χ4n) is 4.10. The zero-order chi connectivity index (χ0) is 17.2. The first kappa shape index (κ1) is 16.3. The number of aryl methyl sites for hydroxylation is 2. The summed E-state index contributed by atoms with van der Waals surface area (Å²) in [6.45, 7) is 8.71. The predicted molar refractivity (Wildman–Crippen MR) is 101 cm³/mol. The first-order valence-corrected chi connectivity index (χ1v) is 9.42. The summed E-state index contributed by atoms with van der Waals surface area (Å²) in [4.78, 5) is 6.10. The van der Waals surface area contributed by atoms with E-state index >= 15 is 0 Å². The van der Waals surface area contributed by atoms with E-state index in [-0.39, 0.29) is 0 Å². The predicted octanol–water partition coefficient (Wildman–Crippen LogP) is 3.86. The van der Waals surface area contributed by atoms with Crippen LogP contribution in [0.5, 0.6) is 0 Å². The number of nitrogens with zero attached hydrogens (tertiary/aromatic N) is 4. The summed E-state index contributed by atoms with van der Waals surface area (Å²) in [6.07, 6.45) is 5.36. The minimum atomic E-state index is 0.550. The third-order valence-corrected chi connectivity index (χ3v) is 5.47. The first-order valence-electron chi connectivity index (χ1n) is 9.42. The van der Waals surface area contributed by atoms with Crippen molar-refractivity contribution in [1.29, 1.82) is 0 Å². The number of nitrogens with one attached hydrogen (secondary N) is 1. The maximum Gasteiger partial charge on any atom is 0.136 e. The van der Waals surface area contributed by atoms with E-state index in [4.69, 9.17) is 0 Å². The van der Waals surface area contributed by atoms with E-state index in [9.17, 15) is 0 Å². The lowest BCUT2D eigenvalue weighted by atomic mass is 9.95. The number of piperidine rings is 1. The third kappa shape index (κ3) is 3.21. The van der Waals surface area contributed by atoms with Gasteiger partial charge in [0.15, 0.2) is 0 Å². The van der Waals surface area contributed by atoms with Crippen molar-refractivity contribution in [2.45, 2.75) is 52.1 Å². The van der Waals surface area contributed by atoms with Crippen molar-refractivity contribution in [1.82, 2.24) is 24.6 Å². The highest BCUT2D eigenvalue weighted by atomic mass is 15.3. The van der Waals surface area contributed by atoms with Crippen LogP contribution in [0.4, 0.5) is 0 Å². The van der Waals surface area contributed by atoms with Gasteiger partial charge in [0.25, 0.3) is 0 Å². The van der Waals surface area contributed by atoms with Gasteiger partial charge in [-0.05, 0) is 50.9 Å². The van der Waals surface area contributed by atoms with Crippen LogP contribution in [-0.4, -0.2) is 37.7 Å². The Bertz CT molecular complexity index is 839. The van der Waals surface area contributed by atoms with Crippen LogP contribution in [0, 0.1) is 6.92 Å². The molecular weight excluding hydrogens is 310 g/mol. The molecule has 1 aromatic carbocycles. The van der Waals surface area contributed by atoms with E-state index in [0.29, 0.717) is 5.92 Å². The summed E-state index contributed by atoms with van der Waals surface area (Å²) >= 11 is 0. The highest BCUT2D eigenvalue weighted by Gasteiger charge is 2.25. The Kier molecular flexibility index (Phi) is 4.57. The van der Waals surface area contributed by atoms with Crippen molar-refractivity contribution < 1.29 is 0 Å². The van der Waals surface area contributed by atoms with Gasteiger partial charge >= 0.3 is 0 Å². The van der Waals surface area contributed by atoms with Gasteiger partial charge in [-0.25, -0.2) is 0 Å². The first-order chi connectivity index (χ1) is 12.3. The summed E-state index contributed by atoms with van der Waals surface area (Å²) in [5, 5.41) is 9.91. The monoisotopic (exact) mass is 337 g/mol. The van der Waals surface area contributed by atoms with Crippen molar-refractivity contribution in [3.05, 3.63) is 47.7 Å². The van der Waals surface area contributed by atoms with Crippen LogP contribution >= 0.6 is 0 Å². The average molecular weight is 337 g/mol. The summed E-state index contributed by atoms with van der Waals surface area (Å²) in [5.41, 5.74) is 3.99. The second-order valence-electron chi connectivity index (χ2n) is 7.21. The molecular formula is C20H27N5. The lowest BCUT2D eigenvalue weighted by Crippen LogP contribution is -2.33.